The average molecular weight is 348 g/mol. The fourth-order valence-corrected chi connectivity index (χ4v) is 3.30. The molecule has 1 aromatic heterocycles. The second-order valence-electron chi connectivity index (χ2n) is 8.90. The highest BCUT2D eigenvalue weighted by molar-refractivity contribution is 5.88. The molecule has 0 bridgehead atoms. The van der Waals surface area contributed by atoms with Crippen molar-refractivity contribution in [1.29, 1.82) is 0 Å². The lowest BCUT2D eigenvalue weighted by Crippen LogP contribution is -2.18. The van der Waals surface area contributed by atoms with Gasteiger partial charge in [0.2, 0.25) is 0 Å². The first-order valence-corrected chi connectivity index (χ1v) is 9.06. The van der Waals surface area contributed by atoms with Crippen molar-refractivity contribution >= 4 is 11.8 Å². The van der Waals surface area contributed by atoms with Crippen LogP contribution in [0.4, 0.5) is 0 Å². The number of H-pyrrole nitrogens is 1. The minimum Gasteiger partial charge on any atom is -0.507 e. The number of aromatic nitrogens is 1. The number of aliphatic imine (C=N–C) groups is 1. The summed E-state index contributed by atoms with van der Waals surface area (Å²) in [6, 6.07) is 8.27. The van der Waals surface area contributed by atoms with E-state index in [0.717, 1.165) is 33.7 Å². The number of hydrogen-bond donors (Lipinski definition) is 2. The third-order valence-corrected chi connectivity index (χ3v) is 4.69. The summed E-state index contributed by atoms with van der Waals surface area (Å²) < 4.78 is 0. The lowest BCUT2D eigenvalue weighted by atomic mass is 9.77. The largest absolute Gasteiger partial charge is 0.507 e. The van der Waals surface area contributed by atoms with Crippen molar-refractivity contribution in [3.05, 3.63) is 70.7 Å². The molecule has 0 fully saturated rings. The molecule has 0 atom stereocenters. The van der Waals surface area contributed by atoms with Gasteiger partial charge in [-0.15, -0.1) is 0 Å². The minimum absolute atomic E-state index is 0.166. The highest BCUT2D eigenvalue weighted by Gasteiger charge is 2.28. The third kappa shape index (κ3) is 3.39. The first-order chi connectivity index (χ1) is 12.1. The van der Waals surface area contributed by atoms with E-state index < -0.39 is 0 Å². The Labute approximate surface area is 156 Å². The fraction of sp³-hybridized carbons (Fsp3) is 0.348. The Kier molecular flexibility index (Phi) is 4.43. The first kappa shape index (κ1) is 18.2. The van der Waals surface area contributed by atoms with E-state index in [-0.39, 0.29) is 10.8 Å². The van der Waals surface area contributed by atoms with Crippen molar-refractivity contribution in [2.75, 3.05) is 0 Å². The molecule has 3 heteroatoms. The second-order valence-corrected chi connectivity index (χ2v) is 8.90. The number of rotatable bonds is 2. The van der Waals surface area contributed by atoms with E-state index in [0.29, 0.717) is 5.75 Å². The van der Waals surface area contributed by atoms with Gasteiger partial charge in [-0.2, -0.15) is 0 Å². The number of aromatic hydroxyl groups is 1. The van der Waals surface area contributed by atoms with Crippen LogP contribution in [0.15, 0.2) is 53.3 Å². The normalized spacial score (nSPS) is 16.4. The number of phenolic OH excluding ortho intramolecular Hbond substituents is 1. The molecular weight excluding hydrogens is 320 g/mol. The Hall–Kier alpha value is -2.55. The predicted molar refractivity (Wildman–Crippen MR) is 110 cm³/mol. The van der Waals surface area contributed by atoms with Gasteiger partial charge in [0.1, 0.15) is 5.75 Å². The van der Waals surface area contributed by atoms with Crippen molar-refractivity contribution in [3.8, 4) is 5.75 Å². The zero-order chi connectivity index (χ0) is 19.1. The molecule has 3 rings (SSSR count). The van der Waals surface area contributed by atoms with Crippen LogP contribution in [0.25, 0.3) is 5.57 Å². The van der Waals surface area contributed by atoms with E-state index in [1.54, 1.807) is 0 Å². The Balaban J connectivity index is 2.35. The van der Waals surface area contributed by atoms with Crippen LogP contribution >= 0.6 is 0 Å². The van der Waals surface area contributed by atoms with Crippen molar-refractivity contribution in [2.45, 2.75) is 52.4 Å². The molecule has 3 nitrogen and oxygen atoms in total. The molecule has 1 aliphatic rings. The summed E-state index contributed by atoms with van der Waals surface area (Å²) in [4.78, 5) is 7.85. The van der Waals surface area contributed by atoms with E-state index in [1.807, 2.05) is 30.6 Å². The van der Waals surface area contributed by atoms with Crippen molar-refractivity contribution in [2.24, 2.45) is 4.99 Å². The van der Waals surface area contributed by atoms with E-state index in [1.165, 1.54) is 0 Å². The van der Waals surface area contributed by atoms with Gasteiger partial charge in [-0.1, -0.05) is 41.5 Å². The summed E-state index contributed by atoms with van der Waals surface area (Å²) in [5, 5.41) is 11.0. The molecule has 136 valence electrons. The Bertz CT molecular complexity index is 850. The quantitative estimate of drug-likeness (QED) is 0.717. The van der Waals surface area contributed by atoms with Crippen LogP contribution in [-0.4, -0.2) is 16.3 Å². The SMILES string of the molecule is CC(C)(C)c1cc(/C(=C2/C=CC=N2)c2ccc[nH]2)cc(C(C)(C)C)c1O. The zero-order valence-corrected chi connectivity index (χ0v) is 16.5. The van der Waals surface area contributed by atoms with Crippen LogP contribution in [0.3, 0.4) is 0 Å². The molecule has 0 radical (unpaired) electrons. The van der Waals surface area contributed by atoms with Gasteiger partial charge in [0, 0.05) is 34.8 Å². The number of phenols is 1. The number of hydrogen-bond acceptors (Lipinski definition) is 2. The molecule has 2 aromatic rings. The van der Waals surface area contributed by atoms with E-state index in [9.17, 15) is 5.11 Å². The van der Waals surface area contributed by atoms with Gasteiger partial charge >= 0.3 is 0 Å². The minimum atomic E-state index is -0.166. The summed E-state index contributed by atoms with van der Waals surface area (Å²) in [6.07, 6.45) is 7.71. The molecule has 0 aliphatic carbocycles. The van der Waals surface area contributed by atoms with Gasteiger partial charge in [-0.05, 0) is 52.8 Å². The predicted octanol–water partition coefficient (Wildman–Crippen LogP) is 5.72. The smallest absolute Gasteiger partial charge is 0.123 e. The molecule has 0 saturated carbocycles. The maximum absolute atomic E-state index is 11.0. The molecule has 1 aromatic carbocycles. The summed E-state index contributed by atoms with van der Waals surface area (Å²) in [6.45, 7) is 12.8. The molecule has 0 amide bonds. The number of allylic oxidation sites excluding steroid dienone is 2. The molecular formula is C23H28N2O. The Morgan fingerprint density at radius 2 is 1.62 bits per heavy atom. The molecule has 1 aliphatic heterocycles. The van der Waals surface area contributed by atoms with Gasteiger partial charge < -0.3 is 10.1 Å². The maximum Gasteiger partial charge on any atom is 0.123 e. The molecule has 26 heavy (non-hydrogen) atoms. The average Bonchev–Trinajstić information content (AvgIpc) is 3.20. The highest BCUT2D eigenvalue weighted by atomic mass is 16.3. The Morgan fingerprint density at radius 3 is 2.04 bits per heavy atom. The van der Waals surface area contributed by atoms with E-state index >= 15 is 0 Å². The van der Waals surface area contributed by atoms with Crippen LogP contribution in [0.1, 0.15) is 63.9 Å². The number of benzene rings is 1. The highest BCUT2D eigenvalue weighted by Crippen LogP contribution is 2.42. The van der Waals surface area contributed by atoms with Crippen LogP contribution in [0, 0.1) is 0 Å². The third-order valence-electron chi connectivity index (χ3n) is 4.69. The molecule has 0 unspecified atom stereocenters. The van der Waals surface area contributed by atoms with Gasteiger partial charge in [-0.3, -0.25) is 4.99 Å². The van der Waals surface area contributed by atoms with Gasteiger partial charge in [-0.25, -0.2) is 0 Å². The van der Waals surface area contributed by atoms with Gasteiger partial charge in [0.15, 0.2) is 0 Å². The summed E-state index contributed by atoms with van der Waals surface area (Å²) in [7, 11) is 0. The van der Waals surface area contributed by atoms with E-state index in [4.69, 9.17) is 0 Å². The van der Waals surface area contributed by atoms with E-state index in [2.05, 4.69) is 69.7 Å². The molecule has 0 saturated heterocycles. The summed E-state index contributed by atoms with van der Waals surface area (Å²) >= 11 is 0. The van der Waals surface area contributed by atoms with Crippen molar-refractivity contribution in [1.82, 2.24) is 4.98 Å². The lowest BCUT2D eigenvalue weighted by Gasteiger charge is -2.28. The van der Waals surface area contributed by atoms with Crippen molar-refractivity contribution < 1.29 is 5.11 Å². The van der Waals surface area contributed by atoms with Crippen molar-refractivity contribution in [3.63, 3.8) is 0 Å². The second kappa shape index (κ2) is 6.31. The summed E-state index contributed by atoms with van der Waals surface area (Å²) in [5.74, 6) is 0.398. The van der Waals surface area contributed by atoms with Gasteiger partial charge in [0.05, 0.1) is 5.70 Å². The topological polar surface area (TPSA) is 48.4 Å². The number of aromatic amines is 1. The lowest BCUT2D eigenvalue weighted by molar-refractivity contribution is 0.423. The maximum atomic E-state index is 11.0. The number of nitrogens with one attached hydrogen (secondary N) is 1. The summed E-state index contributed by atoms with van der Waals surface area (Å²) in [5.41, 5.74) is 5.65. The van der Waals surface area contributed by atoms with Gasteiger partial charge in [0.25, 0.3) is 0 Å². The molecule has 2 N–H and O–H groups in total. The molecule has 2 heterocycles. The fourth-order valence-electron chi connectivity index (χ4n) is 3.30. The molecule has 0 spiro atoms. The van der Waals surface area contributed by atoms with Crippen LogP contribution in [-0.2, 0) is 10.8 Å². The Morgan fingerprint density at radius 1 is 1.00 bits per heavy atom. The first-order valence-electron chi connectivity index (χ1n) is 9.06. The monoisotopic (exact) mass is 348 g/mol. The van der Waals surface area contributed by atoms with Crippen LogP contribution in [0.2, 0.25) is 0 Å². The van der Waals surface area contributed by atoms with Crippen LogP contribution in [0.5, 0.6) is 5.75 Å². The zero-order valence-electron chi connectivity index (χ0n) is 16.5. The standard InChI is InChI=1S/C23H28N2O/c1-22(2,3)16-13-15(14-17(21(16)26)23(4,5)6)20(18-9-7-11-24-18)19-10-8-12-25-19/h7-14,24,26H,1-6H3/b20-19+. The number of nitrogens with zero attached hydrogens (tertiary/aromatic N) is 1. The van der Waals surface area contributed by atoms with Crippen LogP contribution < -0.4 is 0 Å².